The molecule has 2 aliphatic heterocycles. The van der Waals surface area contributed by atoms with Crippen molar-refractivity contribution in [3.63, 3.8) is 0 Å². The van der Waals surface area contributed by atoms with Gasteiger partial charge in [0.2, 0.25) is 10.0 Å². The molecule has 0 aromatic heterocycles. The summed E-state index contributed by atoms with van der Waals surface area (Å²) in [4.78, 5) is 13.8. The first-order valence-electron chi connectivity index (χ1n) is 8.69. The van der Waals surface area contributed by atoms with Gasteiger partial charge in [0.05, 0.1) is 10.5 Å². The highest BCUT2D eigenvalue weighted by molar-refractivity contribution is 7.89. The summed E-state index contributed by atoms with van der Waals surface area (Å²) in [7, 11) is -2.25. The lowest BCUT2D eigenvalue weighted by atomic mass is 10.1. The van der Waals surface area contributed by atoms with Crippen molar-refractivity contribution in [3.05, 3.63) is 29.6 Å². The minimum atomic E-state index is -3.78. The van der Waals surface area contributed by atoms with Crippen LogP contribution in [-0.2, 0) is 10.0 Å². The second kappa shape index (κ2) is 8.65. The molecule has 0 bridgehead atoms. The van der Waals surface area contributed by atoms with E-state index < -0.39 is 15.8 Å². The van der Waals surface area contributed by atoms with Gasteiger partial charge in [-0.05, 0) is 57.0 Å². The monoisotopic (exact) mass is 405 g/mol. The standard InChI is InChI=1S/C17H24FN3O3S.ClH/c1-20(13-6-8-19-9-7-13)25(23,24)14-4-5-15(16(18)12-14)17(22)21-10-2-3-11-21;/h4-5,12-13,19H,2-3,6-11H2,1H3;1H. The number of nitrogens with zero attached hydrogens (tertiary/aromatic N) is 2. The van der Waals surface area contributed by atoms with Gasteiger partial charge in [-0.15, -0.1) is 12.4 Å². The number of likely N-dealkylation sites (tertiary alicyclic amines) is 1. The molecule has 0 unspecified atom stereocenters. The zero-order valence-electron chi connectivity index (χ0n) is 14.8. The summed E-state index contributed by atoms with van der Waals surface area (Å²) in [6.07, 6.45) is 3.29. The van der Waals surface area contributed by atoms with Crippen LogP contribution in [0.2, 0.25) is 0 Å². The summed E-state index contributed by atoms with van der Waals surface area (Å²) >= 11 is 0. The summed E-state index contributed by atoms with van der Waals surface area (Å²) in [5.74, 6) is -1.15. The van der Waals surface area contributed by atoms with Gasteiger partial charge in [-0.2, -0.15) is 4.31 Å². The van der Waals surface area contributed by atoms with Crippen LogP contribution in [0.25, 0.3) is 0 Å². The molecule has 2 heterocycles. The van der Waals surface area contributed by atoms with Gasteiger partial charge in [0.15, 0.2) is 0 Å². The van der Waals surface area contributed by atoms with Gasteiger partial charge < -0.3 is 10.2 Å². The number of rotatable bonds is 4. The van der Waals surface area contributed by atoms with Crippen LogP contribution < -0.4 is 5.32 Å². The highest BCUT2D eigenvalue weighted by Gasteiger charge is 2.30. The van der Waals surface area contributed by atoms with Crippen LogP contribution in [0.1, 0.15) is 36.0 Å². The van der Waals surface area contributed by atoms with E-state index >= 15 is 0 Å². The highest BCUT2D eigenvalue weighted by atomic mass is 35.5. The normalized spacial score (nSPS) is 18.8. The van der Waals surface area contributed by atoms with E-state index in [1.165, 1.54) is 23.5 Å². The number of nitrogens with one attached hydrogen (secondary N) is 1. The van der Waals surface area contributed by atoms with E-state index in [4.69, 9.17) is 0 Å². The molecule has 1 aromatic carbocycles. The van der Waals surface area contributed by atoms with Crippen molar-refractivity contribution >= 4 is 28.3 Å². The molecule has 1 N–H and O–H groups in total. The lowest BCUT2D eigenvalue weighted by Crippen LogP contribution is -2.43. The Bertz CT molecular complexity index is 748. The molecule has 2 aliphatic rings. The van der Waals surface area contributed by atoms with Gasteiger partial charge in [0.1, 0.15) is 5.82 Å². The summed E-state index contributed by atoms with van der Waals surface area (Å²) in [5, 5.41) is 3.19. The molecule has 0 atom stereocenters. The smallest absolute Gasteiger partial charge is 0.256 e. The predicted molar refractivity (Wildman–Crippen MR) is 99.6 cm³/mol. The number of sulfonamides is 1. The zero-order chi connectivity index (χ0) is 18.0. The van der Waals surface area contributed by atoms with E-state index in [1.54, 1.807) is 4.90 Å². The summed E-state index contributed by atoms with van der Waals surface area (Å²) in [6.45, 7) is 2.78. The Morgan fingerprint density at radius 2 is 1.85 bits per heavy atom. The van der Waals surface area contributed by atoms with Gasteiger partial charge in [-0.3, -0.25) is 4.79 Å². The number of hydrogen-bond acceptors (Lipinski definition) is 4. The fourth-order valence-electron chi connectivity index (χ4n) is 3.45. The average molecular weight is 406 g/mol. The van der Waals surface area contributed by atoms with E-state index in [0.29, 0.717) is 13.1 Å². The molecule has 26 heavy (non-hydrogen) atoms. The van der Waals surface area contributed by atoms with Crippen molar-refractivity contribution in [1.82, 2.24) is 14.5 Å². The molecule has 1 aromatic rings. The Morgan fingerprint density at radius 1 is 1.23 bits per heavy atom. The first-order chi connectivity index (χ1) is 11.9. The van der Waals surface area contributed by atoms with Gasteiger partial charge in [-0.1, -0.05) is 0 Å². The van der Waals surface area contributed by atoms with Crippen molar-refractivity contribution in [2.24, 2.45) is 0 Å². The Labute approximate surface area is 160 Å². The minimum absolute atomic E-state index is 0. The van der Waals surface area contributed by atoms with Gasteiger partial charge in [-0.25, -0.2) is 12.8 Å². The third-order valence-electron chi connectivity index (χ3n) is 5.06. The van der Waals surface area contributed by atoms with Gasteiger partial charge >= 0.3 is 0 Å². The Morgan fingerprint density at radius 3 is 2.42 bits per heavy atom. The number of amides is 1. The van der Waals surface area contributed by atoms with Crippen LogP contribution in [0.15, 0.2) is 23.1 Å². The molecule has 2 fully saturated rings. The topological polar surface area (TPSA) is 69.7 Å². The van der Waals surface area contributed by atoms with Crippen LogP contribution in [0.5, 0.6) is 0 Å². The molecule has 0 aliphatic carbocycles. The molecule has 0 saturated carbocycles. The van der Waals surface area contributed by atoms with E-state index in [-0.39, 0.29) is 34.8 Å². The van der Waals surface area contributed by atoms with Gasteiger partial charge in [0.25, 0.3) is 5.91 Å². The number of hydrogen-bond donors (Lipinski definition) is 1. The second-order valence-electron chi connectivity index (χ2n) is 6.64. The molecular weight excluding hydrogens is 381 g/mol. The number of carbonyl (C=O) groups excluding carboxylic acids is 1. The number of piperidine rings is 1. The molecule has 1 amide bonds. The fourth-order valence-corrected chi connectivity index (χ4v) is 4.88. The molecule has 6 nitrogen and oxygen atoms in total. The first kappa shape index (κ1) is 21.1. The van der Waals surface area contributed by atoms with E-state index in [9.17, 15) is 17.6 Å². The Balaban J connectivity index is 0.00000243. The predicted octanol–water partition coefficient (Wildman–Crippen LogP) is 1.86. The number of halogens is 2. The summed E-state index contributed by atoms with van der Waals surface area (Å²) in [5.41, 5.74) is -0.0645. The maximum atomic E-state index is 14.4. The van der Waals surface area contributed by atoms with Gasteiger partial charge in [0, 0.05) is 26.2 Å². The Kier molecular flexibility index (Phi) is 7.01. The van der Waals surface area contributed by atoms with E-state index in [2.05, 4.69) is 5.32 Å². The molecule has 3 rings (SSSR count). The Hall–Kier alpha value is -1.22. The minimum Gasteiger partial charge on any atom is -0.339 e. The van der Waals surface area contributed by atoms with Crippen LogP contribution in [0.3, 0.4) is 0 Å². The van der Waals surface area contributed by atoms with Crippen molar-refractivity contribution in [2.45, 2.75) is 36.6 Å². The van der Waals surface area contributed by atoms with Crippen LogP contribution in [-0.4, -0.2) is 62.8 Å². The summed E-state index contributed by atoms with van der Waals surface area (Å²) < 4.78 is 41.3. The molecular formula is C17H25ClFN3O3S. The van der Waals surface area contributed by atoms with Crippen molar-refractivity contribution in [3.8, 4) is 0 Å². The molecule has 146 valence electrons. The maximum absolute atomic E-state index is 14.4. The average Bonchev–Trinajstić information content (AvgIpc) is 3.15. The quantitative estimate of drug-likeness (QED) is 0.830. The number of benzene rings is 1. The third kappa shape index (κ3) is 4.19. The molecule has 2 saturated heterocycles. The van der Waals surface area contributed by atoms with E-state index in [1.807, 2.05) is 0 Å². The van der Waals surface area contributed by atoms with E-state index in [0.717, 1.165) is 44.8 Å². The molecule has 0 radical (unpaired) electrons. The second-order valence-corrected chi connectivity index (χ2v) is 8.64. The van der Waals surface area contributed by atoms with Crippen molar-refractivity contribution < 1.29 is 17.6 Å². The maximum Gasteiger partial charge on any atom is 0.256 e. The lowest BCUT2D eigenvalue weighted by molar-refractivity contribution is 0.0788. The SMILES string of the molecule is CN(C1CCNCC1)S(=O)(=O)c1ccc(C(=O)N2CCCC2)c(F)c1.Cl. The largest absolute Gasteiger partial charge is 0.339 e. The van der Waals surface area contributed by atoms with Crippen molar-refractivity contribution in [2.75, 3.05) is 33.2 Å². The fraction of sp³-hybridized carbons (Fsp3) is 0.588. The lowest BCUT2D eigenvalue weighted by Gasteiger charge is -2.30. The van der Waals surface area contributed by atoms with Crippen LogP contribution in [0, 0.1) is 5.82 Å². The van der Waals surface area contributed by atoms with Crippen LogP contribution >= 0.6 is 12.4 Å². The van der Waals surface area contributed by atoms with Crippen molar-refractivity contribution in [1.29, 1.82) is 0 Å². The first-order valence-corrected chi connectivity index (χ1v) is 10.1. The zero-order valence-corrected chi connectivity index (χ0v) is 16.4. The molecule has 9 heteroatoms. The number of carbonyl (C=O) groups is 1. The highest BCUT2D eigenvalue weighted by Crippen LogP contribution is 2.24. The molecule has 0 spiro atoms. The summed E-state index contributed by atoms with van der Waals surface area (Å²) in [6, 6.07) is 3.49. The third-order valence-corrected chi connectivity index (χ3v) is 6.97. The van der Waals surface area contributed by atoms with Crippen LogP contribution in [0.4, 0.5) is 4.39 Å².